The van der Waals surface area contributed by atoms with Crippen molar-refractivity contribution in [2.45, 2.75) is 43.5 Å². The summed E-state index contributed by atoms with van der Waals surface area (Å²) in [6.45, 7) is -9.80. The van der Waals surface area contributed by atoms with Crippen molar-refractivity contribution >= 4 is 23.4 Å². The summed E-state index contributed by atoms with van der Waals surface area (Å²) in [4.78, 5) is 18.3. The Morgan fingerprint density at radius 2 is 1.67 bits per heavy atom. The Morgan fingerprint density at radius 3 is 2.37 bits per heavy atom. The molecule has 1 N–H and O–H groups in total. The summed E-state index contributed by atoms with van der Waals surface area (Å²) in [5.74, 6) is -3.48. The van der Waals surface area contributed by atoms with Crippen molar-refractivity contribution < 1.29 is 48.9 Å². The summed E-state index contributed by atoms with van der Waals surface area (Å²) in [6, 6.07) is 20.1. The van der Waals surface area contributed by atoms with Crippen LogP contribution in [0.3, 0.4) is 0 Å². The minimum Gasteiger partial charge on any atom is -0.384 e. The van der Waals surface area contributed by atoms with Gasteiger partial charge in [0.15, 0.2) is 11.6 Å². The van der Waals surface area contributed by atoms with E-state index in [9.17, 15) is 34.6 Å². The Morgan fingerprint density at radius 1 is 0.981 bits per heavy atom. The van der Waals surface area contributed by atoms with E-state index >= 15 is 0 Å². The lowest BCUT2D eigenvalue weighted by molar-refractivity contribution is -0.137. The third-order valence-corrected chi connectivity index (χ3v) is 9.97. The SMILES string of the molecule is [2H]C([2H])([2H])OC([2H])([2H])C([2H])([2H])N1CCC(N(Cc2ccc(-c3ccc(C(F)(F)F)cc3)cc2)C(=O)C([2H])([2H])N2C(SCc3cccc(F)c3F)=CC(O)c3ccccc32)CC1. The predicted octanol–water partition coefficient (Wildman–Crippen LogP) is 8.42. The second-order valence-corrected chi connectivity index (χ2v) is 13.2. The topological polar surface area (TPSA) is 56.2 Å². The number of aliphatic hydroxyl groups excluding tert-OH is 1. The van der Waals surface area contributed by atoms with E-state index in [-0.39, 0.29) is 60.1 Å². The van der Waals surface area contributed by atoms with E-state index in [0.717, 1.165) is 39.8 Å². The molecule has 52 heavy (non-hydrogen) atoms. The highest BCUT2D eigenvalue weighted by Crippen LogP contribution is 2.41. The fraction of sp³-hybridized carbons (Fsp3) is 0.325. The van der Waals surface area contributed by atoms with Crippen LogP contribution in [-0.4, -0.2) is 66.5 Å². The van der Waals surface area contributed by atoms with Crippen LogP contribution in [0.4, 0.5) is 27.6 Å². The van der Waals surface area contributed by atoms with Gasteiger partial charge in [-0.2, -0.15) is 13.2 Å². The van der Waals surface area contributed by atoms with Gasteiger partial charge in [0.1, 0.15) is 12.6 Å². The van der Waals surface area contributed by atoms with Crippen molar-refractivity contribution in [3.05, 3.63) is 136 Å². The number of hydrogen-bond donors (Lipinski definition) is 1. The number of hydrogen-bond acceptors (Lipinski definition) is 6. The number of likely N-dealkylation sites (tertiary alicyclic amines) is 1. The van der Waals surface area contributed by atoms with Crippen LogP contribution in [0.25, 0.3) is 11.1 Å². The molecule has 1 unspecified atom stereocenters. The van der Waals surface area contributed by atoms with Crippen molar-refractivity contribution in [1.29, 1.82) is 0 Å². The zero-order valence-corrected chi connectivity index (χ0v) is 28.4. The van der Waals surface area contributed by atoms with Gasteiger partial charge in [-0.15, -0.1) is 11.8 Å². The summed E-state index contributed by atoms with van der Waals surface area (Å²) in [5, 5.41) is 11.1. The van der Waals surface area contributed by atoms with Gasteiger partial charge in [-0.25, -0.2) is 8.78 Å². The Labute approximate surface area is 317 Å². The molecule has 0 bridgehead atoms. The van der Waals surface area contributed by atoms with Gasteiger partial charge in [0.25, 0.3) is 0 Å². The number of benzene rings is 4. The monoisotopic (exact) mass is 746 g/mol. The van der Waals surface area contributed by atoms with Crippen LogP contribution in [0.5, 0.6) is 0 Å². The van der Waals surface area contributed by atoms with Crippen LogP contribution in [0.1, 0.15) is 53.5 Å². The summed E-state index contributed by atoms with van der Waals surface area (Å²) in [6.07, 6.45) is -4.53. The lowest BCUT2D eigenvalue weighted by atomic mass is 9.99. The van der Waals surface area contributed by atoms with Crippen LogP contribution < -0.4 is 4.90 Å². The molecule has 6 nitrogen and oxygen atoms in total. The zero-order chi connectivity index (χ0) is 44.7. The fourth-order valence-corrected chi connectivity index (χ4v) is 7.18. The van der Waals surface area contributed by atoms with E-state index < -0.39 is 68.0 Å². The van der Waals surface area contributed by atoms with Crippen LogP contribution in [0.2, 0.25) is 0 Å². The van der Waals surface area contributed by atoms with Crippen molar-refractivity contribution in [2.24, 2.45) is 0 Å². The molecular weight excluding hydrogens is 698 g/mol. The standard InChI is InChI=1S/C40H40F5N3O3S/c1-51-22-21-46-19-17-32(18-20-46)47(24-27-9-11-28(12-10-27)29-13-15-31(16-14-29)40(43,44)45)37(50)25-48-35-8-3-2-6-33(35)36(49)23-38(48)52-26-30-5-4-7-34(41)39(30)42/h2-16,23,32,36,49H,17-22,24-26H2,1H3/i1D3,21D2,22D2,25D2. The number of thioether (sulfide) groups is 1. The van der Waals surface area contributed by atoms with Gasteiger partial charge in [-0.1, -0.05) is 66.7 Å². The zero-order valence-electron chi connectivity index (χ0n) is 36.5. The maximum absolute atomic E-state index is 15.0. The largest absolute Gasteiger partial charge is 0.416 e. The number of ether oxygens (including phenoxy) is 1. The summed E-state index contributed by atoms with van der Waals surface area (Å²) < 4.78 is 147. The molecule has 0 saturated carbocycles. The molecule has 2 aliphatic rings. The van der Waals surface area contributed by atoms with Crippen molar-refractivity contribution in [3.63, 3.8) is 0 Å². The van der Waals surface area contributed by atoms with E-state index in [1.807, 2.05) is 0 Å². The molecule has 1 atom stereocenters. The molecule has 12 heteroatoms. The highest BCUT2D eigenvalue weighted by molar-refractivity contribution is 8.02. The highest BCUT2D eigenvalue weighted by atomic mass is 32.2. The molecule has 274 valence electrons. The number of carbonyl (C=O) groups excluding carboxylic acids is 1. The molecule has 4 aromatic rings. The van der Waals surface area contributed by atoms with Crippen LogP contribution in [0.15, 0.2) is 102 Å². The van der Waals surface area contributed by atoms with Gasteiger partial charge in [-0.05, 0) is 59.9 Å². The number of nitrogens with zero attached hydrogens (tertiary/aromatic N) is 3. The summed E-state index contributed by atoms with van der Waals surface area (Å²) in [5.41, 5.74) is 1.04. The third kappa shape index (κ3) is 8.86. The van der Waals surface area contributed by atoms with E-state index in [1.165, 1.54) is 41.3 Å². The van der Waals surface area contributed by atoms with Crippen LogP contribution in [0, 0.1) is 11.6 Å². The minimum atomic E-state index is -4.52. The van der Waals surface area contributed by atoms with Crippen molar-refractivity contribution in [2.75, 3.05) is 44.6 Å². The third-order valence-electron chi connectivity index (χ3n) is 8.91. The molecule has 0 spiro atoms. The molecule has 0 aromatic heterocycles. The van der Waals surface area contributed by atoms with Gasteiger partial charge in [-0.3, -0.25) is 4.79 Å². The second-order valence-electron chi connectivity index (χ2n) is 12.2. The number of piperidine rings is 1. The molecule has 0 radical (unpaired) electrons. The number of halogens is 5. The number of rotatable bonds is 12. The first-order valence-corrected chi connectivity index (χ1v) is 17.3. The van der Waals surface area contributed by atoms with Gasteiger partial charge < -0.3 is 24.5 Å². The fourth-order valence-electron chi connectivity index (χ4n) is 6.15. The Bertz CT molecular complexity index is 2240. The molecule has 0 aliphatic carbocycles. The number of carbonyl (C=O) groups is 1. The number of para-hydroxylation sites is 1. The maximum atomic E-state index is 15.0. The average Bonchev–Trinajstić information content (AvgIpc) is 3.19. The smallest absolute Gasteiger partial charge is 0.384 e. The normalized spacial score (nSPS) is 20.4. The van der Waals surface area contributed by atoms with Crippen LogP contribution in [-0.2, 0) is 28.0 Å². The maximum Gasteiger partial charge on any atom is 0.416 e. The molecule has 2 aliphatic heterocycles. The first-order valence-electron chi connectivity index (χ1n) is 20.8. The number of alkyl halides is 3. The molecule has 1 fully saturated rings. The Balaban J connectivity index is 1.33. The number of fused-ring (bicyclic) bond motifs is 1. The van der Waals surface area contributed by atoms with E-state index in [4.69, 9.17) is 9.60 Å². The van der Waals surface area contributed by atoms with Crippen LogP contribution >= 0.6 is 11.8 Å². The number of methoxy groups -OCH3 is 1. The number of amides is 1. The molecular formula is C40H40F5N3O3S. The van der Waals surface area contributed by atoms with E-state index in [1.54, 1.807) is 42.5 Å². The minimum absolute atomic E-state index is 0.0218. The van der Waals surface area contributed by atoms with Gasteiger partial charge in [0.2, 0.25) is 5.91 Å². The van der Waals surface area contributed by atoms with Crippen molar-refractivity contribution in [1.82, 2.24) is 9.80 Å². The molecule has 1 saturated heterocycles. The first kappa shape index (κ1) is 27.4. The average molecular weight is 747 g/mol. The Kier molecular flexibility index (Phi) is 8.76. The van der Waals surface area contributed by atoms with Gasteiger partial charge in [0.05, 0.1) is 26.7 Å². The quantitative estimate of drug-likeness (QED) is 0.147. The lowest BCUT2D eigenvalue weighted by Crippen LogP contribution is -2.50. The Hall–Kier alpha value is -4.23. The summed E-state index contributed by atoms with van der Waals surface area (Å²) in [7, 11) is -3.26. The van der Waals surface area contributed by atoms with Crippen molar-refractivity contribution in [3.8, 4) is 11.1 Å². The molecule has 4 aromatic carbocycles. The molecule has 6 rings (SSSR count). The van der Waals surface area contributed by atoms with E-state index in [0.29, 0.717) is 16.7 Å². The lowest BCUT2D eigenvalue weighted by Gasteiger charge is -2.40. The predicted molar refractivity (Wildman–Crippen MR) is 193 cm³/mol. The second kappa shape index (κ2) is 16.6. The first-order chi connectivity index (χ1) is 28.4. The highest BCUT2D eigenvalue weighted by Gasteiger charge is 2.33. The van der Waals surface area contributed by atoms with Gasteiger partial charge in [0, 0.05) is 64.5 Å². The molecule has 2 heterocycles. The number of aliphatic hydroxyl groups is 1. The van der Waals surface area contributed by atoms with E-state index in [2.05, 4.69) is 4.74 Å². The molecule has 1 amide bonds. The van der Waals surface area contributed by atoms with Gasteiger partial charge >= 0.3 is 6.18 Å². The number of anilines is 1. The summed E-state index contributed by atoms with van der Waals surface area (Å²) >= 11 is 0.867.